The highest BCUT2D eigenvalue weighted by Gasteiger charge is 2.37. The minimum absolute atomic E-state index is 0.398. The number of nitrogens with zero attached hydrogens (tertiary/aromatic N) is 1. The van der Waals surface area contributed by atoms with Gasteiger partial charge in [-0.1, -0.05) is 33.6 Å². The van der Waals surface area contributed by atoms with Crippen LogP contribution >= 0.6 is 0 Å². The van der Waals surface area contributed by atoms with Gasteiger partial charge < -0.3 is 5.11 Å². The van der Waals surface area contributed by atoms with Crippen LogP contribution in [0.4, 0.5) is 0 Å². The van der Waals surface area contributed by atoms with Crippen LogP contribution in [0.2, 0.25) is 0 Å². The van der Waals surface area contributed by atoms with Crippen LogP contribution in [0.3, 0.4) is 0 Å². The van der Waals surface area contributed by atoms with Crippen LogP contribution in [0.15, 0.2) is 0 Å². The number of unbranched alkanes of at least 4 members (excludes halogenated alkanes) is 2. The van der Waals surface area contributed by atoms with Gasteiger partial charge in [0.15, 0.2) is 0 Å². The summed E-state index contributed by atoms with van der Waals surface area (Å²) in [4.78, 5) is 13.4. The molecular formula is C13H27NO2. The number of carboxylic acids is 1. The second-order valence-corrected chi connectivity index (χ2v) is 5.31. The minimum atomic E-state index is -0.720. The average Bonchev–Trinajstić information content (AvgIpc) is 2.16. The number of hydrogen-bond donors (Lipinski definition) is 1. The molecule has 0 aromatic carbocycles. The molecule has 0 aromatic rings. The van der Waals surface area contributed by atoms with E-state index in [0.29, 0.717) is 12.3 Å². The Bertz CT molecular complexity index is 216. The largest absolute Gasteiger partial charge is 0.480 e. The van der Waals surface area contributed by atoms with Crippen molar-refractivity contribution < 1.29 is 9.90 Å². The molecule has 0 aliphatic rings. The lowest BCUT2D eigenvalue weighted by molar-refractivity contribution is -0.150. The molecule has 1 unspecified atom stereocenters. The van der Waals surface area contributed by atoms with Gasteiger partial charge in [0.1, 0.15) is 5.54 Å². The van der Waals surface area contributed by atoms with Crippen LogP contribution < -0.4 is 0 Å². The zero-order valence-electron chi connectivity index (χ0n) is 11.4. The number of carbonyl (C=O) groups is 1. The molecule has 0 spiro atoms. The highest BCUT2D eigenvalue weighted by atomic mass is 16.4. The predicted molar refractivity (Wildman–Crippen MR) is 67.7 cm³/mol. The molecule has 0 aliphatic carbocycles. The van der Waals surface area contributed by atoms with Gasteiger partial charge in [0.25, 0.3) is 0 Å². The summed E-state index contributed by atoms with van der Waals surface area (Å²) in [6.45, 7) is 9.00. The van der Waals surface area contributed by atoms with Crippen molar-refractivity contribution in [1.82, 2.24) is 4.90 Å². The Hall–Kier alpha value is -0.570. The zero-order chi connectivity index (χ0) is 12.8. The highest BCUT2D eigenvalue weighted by molar-refractivity contribution is 5.78. The average molecular weight is 229 g/mol. The van der Waals surface area contributed by atoms with Crippen LogP contribution in [-0.2, 0) is 4.79 Å². The molecule has 16 heavy (non-hydrogen) atoms. The third-order valence-corrected chi connectivity index (χ3v) is 3.21. The van der Waals surface area contributed by atoms with Crippen LogP contribution in [0.5, 0.6) is 0 Å². The molecule has 0 amide bonds. The fraction of sp³-hybridized carbons (Fsp3) is 0.923. The summed E-state index contributed by atoms with van der Waals surface area (Å²) in [5.74, 6) is -0.310. The Morgan fingerprint density at radius 3 is 2.31 bits per heavy atom. The molecule has 0 rings (SSSR count). The first-order chi connectivity index (χ1) is 7.34. The lowest BCUT2D eigenvalue weighted by Gasteiger charge is -2.36. The fourth-order valence-electron chi connectivity index (χ4n) is 2.05. The molecule has 1 N–H and O–H groups in total. The van der Waals surface area contributed by atoms with Gasteiger partial charge in [0, 0.05) is 0 Å². The van der Waals surface area contributed by atoms with E-state index in [-0.39, 0.29) is 0 Å². The van der Waals surface area contributed by atoms with E-state index in [4.69, 9.17) is 0 Å². The molecule has 3 heteroatoms. The molecule has 0 fully saturated rings. The van der Waals surface area contributed by atoms with Crippen molar-refractivity contribution in [2.24, 2.45) is 5.92 Å². The van der Waals surface area contributed by atoms with Crippen molar-refractivity contribution in [3.05, 3.63) is 0 Å². The summed E-state index contributed by atoms with van der Waals surface area (Å²) in [6.07, 6.45) is 4.11. The first-order valence-electron chi connectivity index (χ1n) is 6.29. The standard InChI is InChI=1S/C13H27NO2/c1-6-7-8-9-14(5)13(4,12(15)16)10-11(2)3/h11H,6-10H2,1-5H3,(H,15,16). The van der Waals surface area contributed by atoms with Gasteiger partial charge in [0.2, 0.25) is 0 Å². The topological polar surface area (TPSA) is 40.5 Å². The van der Waals surface area contributed by atoms with Gasteiger partial charge in [-0.2, -0.15) is 0 Å². The molecule has 96 valence electrons. The van der Waals surface area contributed by atoms with Crippen molar-refractivity contribution in [3.8, 4) is 0 Å². The first kappa shape index (κ1) is 15.4. The number of aliphatic carboxylic acids is 1. The van der Waals surface area contributed by atoms with E-state index in [0.717, 1.165) is 13.0 Å². The van der Waals surface area contributed by atoms with Crippen molar-refractivity contribution in [2.45, 2.75) is 58.9 Å². The van der Waals surface area contributed by atoms with Crippen LogP contribution in [0.1, 0.15) is 53.4 Å². The summed E-state index contributed by atoms with van der Waals surface area (Å²) in [5.41, 5.74) is -0.720. The third kappa shape index (κ3) is 4.52. The zero-order valence-corrected chi connectivity index (χ0v) is 11.4. The lowest BCUT2D eigenvalue weighted by atomic mass is 9.89. The van der Waals surface area contributed by atoms with Crippen molar-refractivity contribution in [3.63, 3.8) is 0 Å². The van der Waals surface area contributed by atoms with E-state index in [2.05, 4.69) is 20.8 Å². The quantitative estimate of drug-likeness (QED) is 0.650. The Labute approximate surface area is 99.8 Å². The predicted octanol–water partition coefficient (Wildman–Crippen LogP) is 3.00. The second kappa shape index (κ2) is 6.89. The molecule has 1 atom stereocenters. The van der Waals surface area contributed by atoms with Gasteiger partial charge in [-0.15, -0.1) is 0 Å². The van der Waals surface area contributed by atoms with Gasteiger partial charge in [-0.25, -0.2) is 0 Å². The van der Waals surface area contributed by atoms with Crippen molar-refractivity contribution in [1.29, 1.82) is 0 Å². The highest BCUT2D eigenvalue weighted by Crippen LogP contribution is 2.23. The number of hydrogen-bond acceptors (Lipinski definition) is 2. The smallest absolute Gasteiger partial charge is 0.323 e. The number of likely N-dealkylation sites (N-methyl/N-ethyl adjacent to an activating group) is 1. The van der Waals surface area contributed by atoms with E-state index in [1.807, 2.05) is 18.9 Å². The SMILES string of the molecule is CCCCCN(C)C(C)(CC(C)C)C(=O)O. The maximum Gasteiger partial charge on any atom is 0.323 e. The summed E-state index contributed by atoms with van der Waals surface area (Å²) >= 11 is 0. The fourth-order valence-corrected chi connectivity index (χ4v) is 2.05. The van der Waals surface area contributed by atoms with E-state index in [1.165, 1.54) is 12.8 Å². The van der Waals surface area contributed by atoms with E-state index >= 15 is 0 Å². The normalized spacial score (nSPS) is 15.4. The monoisotopic (exact) mass is 229 g/mol. The van der Waals surface area contributed by atoms with E-state index in [9.17, 15) is 9.90 Å². The molecule has 3 nitrogen and oxygen atoms in total. The van der Waals surface area contributed by atoms with Crippen molar-refractivity contribution in [2.75, 3.05) is 13.6 Å². The third-order valence-electron chi connectivity index (χ3n) is 3.21. The Morgan fingerprint density at radius 1 is 1.38 bits per heavy atom. The molecule has 0 aromatic heterocycles. The summed E-state index contributed by atoms with van der Waals surface area (Å²) in [7, 11) is 1.92. The summed E-state index contributed by atoms with van der Waals surface area (Å²) in [5, 5.41) is 9.37. The summed E-state index contributed by atoms with van der Waals surface area (Å²) in [6, 6.07) is 0. The Kier molecular flexibility index (Phi) is 6.65. The van der Waals surface area contributed by atoms with Gasteiger partial charge in [0.05, 0.1) is 0 Å². The van der Waals surface area contributed by atoms with Crippen LogP contribution in [0, 0.1) is 5.92 Å². The maximum absolute atomic E-state index is 11.4. The van der Waals surface area contributed by atoms with Gasteiger partial charge >= 0.3 is 5.97 Å². The lowest BCUT2D eigenvalue weighted by Crippen LogP contribution is -2.51. The molecule has 0 saturated heterocycles. The van der Waals surface area contributed by atoms with Crippen LogP contribution in [-0.4, -0.2) is 35.1 Å². The Balaban J connectivity index is 4.44. The molecule has 0 aliphatic heterocycles. The molecule has 0 saturated carbocycles. The van der Waals surface area contributed by atoms with Crippen LogP contribution in [0.25, 0.3) is 0 Å². The molecular weight excluding hydrogens is 202 g/mol. The molecule has 0 bridgehead atoms. The Morgan fingerprint density at radius 2 is 1.94 bits per heavy atom. The van der Waals surface area contributed by atoms with Crippen molar-refractivity contribution >= 4 is 5.97 Å². The number of rotatable bonds is 8. The van der Waals surface area contributed by atoms with E-state index in [1.54, 1.807) is 0 Å². The molecule has 0 heterocycles. The number of carboxylic acid groups (broad SMARTS) is 1. The minimum Gasteiger partial charge on any atom is -0.480 e. The maximum atomic E-state index is 11.4. The summed E-state index contributed by atoms with van der Waals surface area (Å²) < 4.78 is 0. The van der Waals surface area contributed by atoms with Gasteiger partial charge in [-0.3, -0.25) is 9.69 Å². The first-order valence-corrected chi connectivity index (χ1v) is 6.29. The van der Waals surface area contributed by atoms with Gasteiger partial charge in [-0.05, 0) is 39.3 Å². The van der Waals surface area contributed by atoms with E-state index < -0.39 is 11.5 Å². The second-order valence-electron chi connectivity index (χ2n) is 5.31. The molecule has 0 radical (unpaired) electrons.